The Kier molecular flexibility index (Phi) is 2.65. The van der Waals surface area contributed by atoms with Gasteiger partial charge in [-0.25, -0.2) is 4.39 Å². The van der Waals surface area contributed by atoms with Crippen molar-refractivity contribution in [3.8, 4) is 0 Å². The lowest BCUT2D eigenvalue weighted by molar-refractivity contribution is -0.385. The Balaban J connectivity index is 3.20. The number of nitro groups is 1. The topological polar surface area (TPSA) is 43.1 Å². The zero-order valence-corrected chi connectivity index (χ0v) is 6.92. The van der Waals surface area contributed by atoms with Crippen LogP contribution in [0.1, 0.15) is 5.56 Å². The third-order valence-electron chi connectivity index (χ3n) is 1.41. The fraction of sp³-hybridized carbons (Fsp3) is 0.143. The molecule has 0 spiro atoms. The Morgan fingerprint density at radius 1 is 1.58 bits per heavy atom. The molecule has 1 aromatic rings. The fourth-order valence-electron chi connectivity index (χ4n) is 0.859. The maximum Gasteiger partial charge on any atom is 0.273 e. The van der Waals surface area contributed by atoms with E-state index in [1.54, 1.807) is 0 Å². The summed E-state index contributed by atoms with van der Waals surface area (Å²) in [5, 5.41) is 10.3. The standard InChI is InChI=1S/C7H6FNO2S/c8-6-1-2-7(9(10)11)5(3-6)4-12/h1-3,12H,4H2. The molecule has 0 unspecified atom stereocenters. The van der Waals surface area contributed by atoms with E-state index in [2.05, 4.69) is 12.6 Å². The van der Waals surface area contributed by atoms with Gasteiger partial charge in [0.2, 0.25) is 0 Å². The molecule has 12 heavy (non-hydrogen) atoms. The number of hydrogen-bond donors (Lipinski definition) is 1. The van der Waals surface area contributed by atoms with Crippen LogP contribution in [0.25, 0.3) is 0 Å². The molecule has 0 saturated carbocycles. The van der Waals surface area contributed by atoms with Crippen molar-refractivity contribution in [1.82, 2.24) is 0 Å². The van der Waals surface area contributed by atoms with Gasteiger partial charge in [0, 0.05) is 17.4 Å². The first-order valence-corrected chi connectivity index (χ1v) is 3.82. The zero-order chi connectivity index (χ0) is 9.14. The highest BCUT2D eigenvalue weighted by Gasteiger charge is 2.12. The van der Waals surface area contributed by atoms with Crippen molar-refractivity contribution in [3.63, 3.8) is 0 Å². The molecule has 0 aromatic heterocycles. The van der Waals surface area contributed by atoms with Gasteiger partial charge < -0.3 is 0 Å². The molecule has 0 aliphatic rings. The Hall–Kier alpha value is -1.10. The lowest BCUT2D eigenvalue weighted by Gasteiger charge is -1.97. The van der Waals surface area contributed by atoms with Crippen molar-refractivity contribution >= 4 is 18.3 Å². The van der Waals surface area contributed by atoms with Gasteiger partial charge in [-0.2, -0.15) is 12.6 Å². The second-order valence-electron chi connectivity index (χ2n) is 2.19. The highest BCUT2D eigenvalue weighted by molar-refractivity contribution is 7.79. The number of nitro benzene ring substituents is 1. The molecule has 1 rings (SSSR count). The van der Waals surface area contributed by atoms with Crippen LogP contribution in [0.3, 0.4) is 0 Å². The minimum absolute atomic E-state index is 0.0913. The summed E-state index contributed by atoms with van der Waals surface area (Å²) >= 11 is 3.85. The molecule has 0 radical (unpaired) electrons. The quantitative estimate of drug-likeness (QED) is 0.438. The smallest absolute Gasteiger partial charge is 0.258 e. The van der Waals surface area contributed by atoms with E-state index >= 15 is 0 Å². The molecule has 0 heterocycles. The minimum Gasteiger partial charge on any atom is -0.258 e. The summed E-state index contributed by atoms with van der Waals surface area (Å²) in [7, 11) is 0. The van der Waals surface area contributed by atoms with Gasteiger partial charge in [-0.05, 0) is 12.1 Å². The molecule has 1 aromatic carbocycles. The van der Waals surface area contributed by atoms with Crippen LogP contribution in [0.15, 0.2) is 18.2 Å². The maximum atomic E-state index is 12.5. The van der Waals surface area contributed by atoms with Crippen LogP contribution in [0.2, 0.25) is 0 Å². The van der Waals surface area contributed by atoms with Crippen molar-refractivity contribution in [2.75, 3.05) is 0 Å². The fourth-order valence-corrected chi connectivity index (χ4v) is 1.11. The van der Waals surface area contributed by atoms with Gasteiger partial charge in [0.25, 0.3) is 5.69 Å². The molecule has 5 heteroatoms. The van der Waals surface area contributed by atoms with Crippen molar-refractivity contribution in [3.05, 3.63) is 39.7 Å². The predicted octanol–water partition coefficient (Wildman–Crippen LogP) is 2.16. The van der Waals surface area contributed by atoms with Gasteiger partial charge in [0.05, 0.1) is 4.92 Å². The molecule has 0 aliphatic carbocycles. The molecular formula is C7H6FNO2S. The van der Waals surface area contributed by atoms with Gasteiger partial charge in [0.15, 0.2) is 0 Å². The van der Waals surface area contributed by atoms with Crippen LogP contribution in [-0.4, -0.2) is 4.92 Å². The number of hydrogen-bond acceptors (Lipinski definition) is 3. The molecule has 64 valence electrons. The summed E-state index contributed by atoms with van der Waals surface area (Å²) in [6.45, 7) is 0. The molecule has 0 atom stereocenters. The summed E-state index contributed by atoms with van der Waals surface area (Å²) in [6, 6.07) is 3.32. The summed E-state index contributed by atoms with van der Waals surface area (Å²) in [5.74, 6) is -0.321. The molecule has 0 amide bonds. The lowest BCUT2D eigenvalue weighted by atomic mass is 10.2. The maximum absolute atomic E-state index is 12.5. The van der Waals surface area contributed by atoms with Crippen LogP contribution in [0.4, 0.5) is 10.1 Å². The van der Waals surface area contributed by atoms with E-state index in [9.17, 15) is 14.5 Å². The van der Waals surface area contributed by atoms with Crippen LogP contribution in [0, 0.1) is 15.9 Å². The second-order valence-corrected chi connectivity index (χ2v) is 2.50. The van der Waals surface area contributed by atoms with Crippen molar-refractivity contribution in [2.24, 2.45) is 0 Å². The molecule has 0 fully saturated rings. The molecule has 0 saturated heterocycles. The van der Waals surface area contributed by atoms with E-state index in [1.165, 1.54) is 0 Å². The average Bonchev–Trinajstić information content (AvgIpc) is 2.03. The monoisotopic (exact) mass is 187 g/mol. The summed E-state index contributed by atoms with van der Waals surface area (Å²) < 4.78 is 12.5. The number of halogens is 1. The molecule has 0 aliphatic heterocycles. The Bertz CT molecular complexity index is 316. The van der Waals surface area contributed by atoms with Crippen LogP contribution in [-0.2, 0) is 5.75 Å². The van der Waals surface area contributed by atoms with Gasteiger partial charge >= 0.3 is 0 Å². The summed E-state index contributed by atoms with van der Waals surface area (Å²) in [5.41, 5.74) is 0.203. The Morgan fingerprint density at radius 2 is 2.25 bits per heavy atom. The second kappa shape index (κ2) is 3.53. The molecule has 0 N–H and O–H groups in total. The summed E-state index contributed by atoms with van der Waals surface area (Å²) in [6.07, 6.45) is 0. The number of benzene rings is 1. The number of rotatable bonds is 2. The zero-order valence-electron chi connectivity index (χ0n) is 6.03. The van der Waals surface area contributed by atoms with E-state index in [-0.39, 0.29) is 11.4 Å². The van der Waals surface area contributed by atoms with Gasteiger partial charge in [-0.3, -0.25) is 10.1 Å². The SMILES string of the molecule is O=[N+]([O-])c1ccc(F)cc1CS. The summed E-state index contributed by atoms with van der Waals surface area (Å²) in [4.78, 5) is 9.79. The highest BCUT2D eigenvalue weighted by Crippen LogP contribution is 2.20. The van der Waals surface area contributed by atoms with Gasteiger partial charge in [-0.1, -0.05) is 0 Å². The van der Waals surface area contributed by atoms with E-state index in [0.717, 1.165) is 18.2 Å². The first-order chi connectivity index (χ1) is 5.65. The minimum atomic E-state index is -0.551. The number of nitrogens with zero attached hydrogens (tertiary/aromatic N) is 1. The van der Waals surface area contributed by atoms with Crippen molar-refractivity contribution in [1.29, 1.82) is 0 Å². The Labute approximate surface area is 73.8 Å². The van der Waals surface area contributed by atoms with Gasteiger partial charge in [-0.15, -0.1) is 0 Å². The van der Waals surface area contributed by atoms with Crippen LogP contribution < -0.4 is 0 Å². The van der Waals surface area contributed by atoms with E-state index in [0.29, 0.717) is 5.56 Å². The third kappa shape index (κ3) is 1.73. The average molecular weight is 187 g/mol. The predicted molar refractivity (Wildman–Crippen MR) is 45.7 cm³/mol. The van der Waals surface area contributed by atoms with E-state index in [1.807, 2.05) is 0 Å². The van der Waals surface area contributed by atoms with Crippen molar-refractivity contribution < 1.29 is 9.31 Å². The van der Waals surface area contributed by atoms with Crippen LogP contribution >= 0.6 is 12.6 Å². The van der Waals surface area contributed by atoms with E-state index < -0.39 is 10.7 Å². The molecule has 3 nitrogen and oxygen atoms in total. The van der Waals surface area contributed by atoms with E-state index in [4.69, 9.17) is 0 Å². The molecular weight excluding hydrogens is 181 g/mol. The highest BCUT2D eigenvalue weighted by atomic mass is 32.1. The first kappa shape index (κ1) is 8.99. The normalized spacial score (nSPS) is 9.83. The Morgan fingerprint density at radius 3 is 2.75 bits per heavy atom. The van der Waals surface area contributed by atoms with Crippen molar-refractivity contribution in [2.45, 2.75) is 5.75 Å². The molecule has 0 bridgehead atoms. The van der Waals surface area contributed by atoms with Crippen LogP contribution in [0.5, 0.6) is 0 Å². The largest absolute Gasteiger partial charge is 0.273 e. The lowest BCUT2D eigenvalue weighted by Crippen LogP contribution is -1.93. The first-order valence-electron chi connectivity index (χ1n) is 3.19. The number of thiol groups is 1. The van der Waals surface area contributed by atoms with Gasteiger partial charge in [0.1, 0.15) is 5.82 Å². The third-order valence-corrected chi connectivity index (χ3v) is 1.75.